The molecule has 2 aliphatic carbocycles. The monoisotopic (exact) mass is 1060 g/mol. The summed E-state index contributed by atoms with van der Waals surface area (Å²) in [6, 6.07) is 25.4. The number of aliphatic carboxylic acids is 1. The lowest BCUT2D eigenvalue weighted by molar-refractivity contribution is -0.338. The van der Waals surface area contributed by atoms with E-state index in [0.29, 0.717) is 12.8 Å². The average molecular weight is 1060 g/mol. The fourth-order valence-electron chi connectivity index (χ4n) is 10.2. The standard InChI is InChI=1S/C56H65NO19/c1-31-39(58)29-40(59)55(70-31)76-46-37(57-38-27-36(50(61)62)28-42(68-2)45(38)60)24-15-25-41(46)72-56-49(75-54(67)35-22-13-6-14-23-35)48(71-43(51(63)64)26-32-16-7-3-8-17-32)47(74-53(66)34-20-11-5-12-21-34)44(73-56)30-69-52(65)33-18-9-4-10-19-33/h4-6,9-14,18-23,27-28,31-32,37,39-41,43-44,46-49,55-60H,3,7-8,15-17,24-26,29-30H2,1-2H3,(H,61,62)(H,63,64)/t31-,37-,39-,40-,41+,43-,44+,46+,47-,48-,49+,55-,56+/m0/s1. The van der Waals surface area contributed by atoms with Gasteiger partial charge in [-0.1, -0.05) is 86.7 Å². The number of carbonyl (C=O) groups excluding carboxylic acids is 3. The van der Waals surface area contributed by atoms with Crippen LogP contribution in [-0.2, 0) is 42.7 Å². The lowest BCUT2D eigenvalue weighted by Crippen LogP contribution is -2.65. The Morgan fingerprint density at radius 3 is 1.86 bits per heavy atom. The molecule has 0 bridgehead atoms. The van der Waals surface area contributed by atoms with E-state index in [0.717, 1.165) is 38.2 Å². The van der Waals surface area contributed by atoms with Gasteiger partial charge >= 0.3 is 29.8 Å². The van der Waals surface area contributed by atoms with Crippen LogP contribution in [0.3, 0.4) is 0 Å². The number of benzene rings is 4. The van der Waals surface area contributed by atoms with Crippen molar-refractivity contribution in [2.24, 2.45) is 5.92 Å². The van der Waals surface area contributed by atoms with Gasteiger partial charge in [0.2, 0.25) is 0 Å². The Hall–Kier alpha value is -6.65. The lowest BCUT2D eigenvalue weighted by Gasteiger charge is -2.48. The van der Waals surface area contributed by atoms with Crippen LogP contribution in [0.1, 0.15) is 113 Å². The van der Waals surface area contributed by atoms with E-state index in [2.05, 4.69) is 5.32 Å². The minimum absolute atomic E-state index is 0.0496. The highest BCUT2D eigenvalue weighted by Crippen LogP contribution is 2.41. The third-order valence-electron chi connectivity index (χ3n) is 14.3. The van der Waals surface area contributed by atoms with Gasteiger partial charge in [-0.3, -0.25) is 0 Å². The molecule has 6 N–H and O–H groups in total. The summed E-state index contributed by atoms with van der Waals surface area (Å²) in [5, 5.41) is 57.3. The van der Waals surface area contributed by atoms with Gasteiger partial charge < -0.3 is 73.5 Å². The number of rotatable bonds is 20. The largest absolute Gasteiger partial charge is 0.503 e. The second-order valence-corrected chi connectivity index (χ2v) is 19.6. The van der Waals surface area contributed by atoms with Gasteiger partial charge in [0.25, 0.3) is 0 Å². The van der Waals surface area contributed by atoms with Crippen molar-refractivity contribution in [2.45, 2.75) is 151 Å². The quantitative estimate of drug-likeness (QED) is 0.0312. The van der Waals surface area contributed by atoms with Crippen LogP contribution in [-0.4, -0.2) is 149 Å². The number of aliphatic hydroxyl groups excluding tert-OH is 2. The molecule has 2 saturated carbocycles. The van der Waals surface area contributed by atoms with Crippen LogP contribution >= 0.6 is 0 Å². The zero-order valence-corrected chi connectivity index (χ0v) is 42.1. The summed E-state index contributed by atoms with van der Waals surface area (Å²) in [6.07, 6.45) is -11.8. The third kappa shape index (κ3) is 13.8. The van der Waals surface area contributed by atoms with Crippen LogP contribution in [0.15, 0.2) is 103 Å². The van der Waals surface area contributed by atoms with E-state index in [-0.39, 0.29) is 58.9 Å². The number of aliphatic hydroxyl groups is 2. The normalized spacial score (nSPS) is 28.3. The zero-order chi connectivity index (χ0) is 53.9. The predicted molar refractivity (Wildman–Crippen MR) is 268 cm³/mol. The highest BCUT2D eigenvalue weighted by Gasteiger charge is 2.55. The molecule has 0 aromatic heterocycles. The van der Waals surface area contributed by atoms with Crippen LogP contribution in [0.25, 0.3) is 0 Å². The van der Waals surface area contributed by atoms with E-state index < -0.39 is 122 Å². The first-order valence-electron chi connectivity index (χ1n) is 25.7. The molecule has 2 heterocycles. The van der Waals surface area contributed by atoms with Crippen LogP contribution in [0.2, 0.25) is 0 Å². The number of phenols is 1. The summed E-state index contributed by atoms with van der Waals surface area (Å²) < 4.78 is 56.8. The Labute approximate surface area is 439 Å². The van der Waals surface area contributed by atoms with Crippen molar-refractivity contribution in [1.82, 2.24) is 0 Å². The molecule has 4 aromatic rings. The van der Waals surface area contributed by atoms with Gasteiger partial charge in [0.15, 0.2) is 42.4 Å². The van der Waals surface area contributed by atoms with Gasteiger partial charge in [0, 0.05) is 6.42 Å². The summed E-state index contributed by atoms with van der Waals surface area (Å²) in [5.41, 5.74) is 0.0821. The SMILES string of the molecule is COc1cc(C(=O)O)cc(N[C@H]2CCC[C@@H](O[C@@H]3O[C@H](COC(=O)c4ccccc4)[C@H](OC(=O)c4ccccc4)[C@H](O[C@@H](CC4CCCCC4)C(=O)O)[C@H]3OC(=O)c3ccccc3)[C@@H]2O[C@@H]2O[C@@H](C)[C@@H](O)C[C@@H]2O)c1O. The van der Waals surface area contributed by atoms with Crippen molar-refractivity contribution < 1.29 is 92.1 Å². The first-order valence-corrected chi connectivity index (χ1v) is 25.7. The average Bonchev–Trinajstić information content (AvgIpc) is 3.44. The molecule has 2 saturated heterocycles. The van der Waals surface area contributed by atoms with E-state index >= 15 is 0 Å². The van der Waals surface area contributed by atoms with Crippen molar-refractivity contribution in [3.63, 3.8) is 0 Å². The highest BCUT2D eigenvalue weighted by molar-refractivity contribution is 5.92. The van der Waals surface area contributed by atoms with Crippen molar-refractivity contribution in [2.75, 3.05) is 19.0 Å². The van der Waals surface area contributed by atoms with Crippen LogP contribution < -0.4 is 10.1 Å². The molecule has 2 aliphatic heterocycles. The number of anilines is 1. The number of carbonyl (C=O) groups is 5. The Morgan fingerprint density at radius 2 is 1.26 bits per heavy atom. The summed E-state index contributed by atoms with van der Waals surface area (Å²) in [7, 11) is 1.26. The number of aromatic hydroxyl groups is 1. The highest BCUT2D eigenvalue weighted by atomic mass is 16.8. The maximum absolute atomic E-state index is 14.4. The summed E-state index contributed by atoms with van der Waals surface area (Å²) in [6.45, 7) is 0.976. The molecular formula is C56H65NO19. The number of phenolic OH excluding ortho intramolecular Hbond substituents is 1. The second kappa shape index (κ2) is 25.9. The number of carboxylic acid groups (broad SMARTS) is 2. The Morgan fingerprint density at radius 1 is 0.658 bits per heavy atom. The summed E-state index contributed by atoms with van der Waals surface area (Å²) >= 11 is 0. The summed E-state index contributed by atoms with van der Waals surface area (Å²) in [5.74, 6) is -5.86. The maximum atomic E-state index is 14.4. The number of ether oxygens (including phenoxy) is 9. The Bertz CT molecular complexity index is 2580. The van der Waals surface area contributed by atoms with Crippen molar-refractivity contribution in [1.29, 1.82) is 0 Å². The van der Waals surface area contributed by atoms with E-state index in [1.54, 1.807) is 61.5 Å². The first kappa shape index (κ1) is 55.6. The van der Waals surface area contributed by atoms with E-state index in [4.69, 9.17) is 42.6 Å². The fourth-order valence-corrected chi connectivity index (χ4v) is 10.2. The minimum Gasteiger partial charge on any atom is -0.503 e. The maximum Gasteiger partial charge on any atom is 0.338 e. The summed E-state index contributed by atoms with van der Waals surface area (Å²) in [4.78, 5) is 68.0. The van der Waals surface area contributed by atoms with E-state index in [1.165, 1.54) is 49.6 Å². The molecule has 0 unspecified atom stereocenters. The molecule has 0 radical (unpaired) electrons. The van der Waals surface area contributed by atoms with Crippen LogP contribution in [0.4, 0.5) is 5.69 Å². The number of nitrogens with one attached hydrogen (secondary N) is 1. The molecule has 4 aliphatic rings. The molecule has 8 rings (SSSR count). The number of aromatic carboxylic acids is 1. The molecule has 13 atom stereocenters. The molecule has 20 heteroatoms. The van der Waals surface area contributed by atoms with Crippen LogP contribution in [0.5, 0.6) is 11.5 Å². The Kier molecular flexibility index (Phi) is 19.0. The topological polar surface area (TPSA) is 282 Å². The lowest BCUT2D eigenvalue weighted by atomic mass is 9.85. The fraction of sp³-hybridized carbons (Fsp3) is 0.482. The number of hydrogen-bond donors (Lipinski definition) is 6. The van der Waals surface area contributed by atoms with E-state index in [9.17, 15) is 49.5 Å². The predicted octanol–water partition coefficient (Wildman–Crippen LogP) is 6.53. The van der Waals surface area contributed by atoms with Gasteiger partial charge in [0.1, 0.15) is 31.0 Å². The van der Waals surface area contributed by atoms with E-state index in [1.807, 2.05) is 0 Å². The number of methoxy groups -OCH3 is 1. The van der Waals surface area contributed by atoms with Crippen LogP contribution in [0, 0.1) is 5.92 Å². The van der Waals surface area contributed by atoms with Gasteiger partial charge in [-0.25, -0.2) is 24.0 Å². The number of esters is 3. The third-order valence-corrected chi connectivity index (χ3v) is 14.3. The van der Waals surface area contributed by atoms with Gasteiger partial charge in [-0.05, 0) is 87.1 Å². The molecule has 20 nitrogen and oxygen atoms in total. The number of hydrogen-bond acceptors (Lipinski definition) is 18. The molecular weight excluding hydrogens is 991 g/mol. The van der Waals surface area contributed by atoms with Gasteiger partial charge in [0.05, 0.1) is 59.4 Å². The second-order valence-electron chi connectivity index (χ2n) is 19.6. The molecule has 4 fully saturated rings. The molecule has 408 valence electrons. The number of carboxylic acids is 2. The Balaban J connectivity index is 1.23. The molecule has 76 heavy (non-hydrogen) atoms. The van der Waals surface area contributed by atoms with Gasteiger partial charge in [-0.2, -0.15) is 0 Å². The van der Waals surface area contributed by atoms with Gasteiger partial charge in [-0.15, -0.1) is 0 Å². The first-order chi connectivity index (χ1) is 36.7. The molecule has 0 amide bonds. The molecule has 4 aromatic carbocycles. The molecule has 0 spiro atoms. The van der Waals surface area contributed by atoms with Crippen molar-refractivity contribution in [3.05, 3.63) is 125 Å². The van der Waals surface area contributed by atoms with Crippen molar-refractivity contribution in [3.8, 4) is 11.5 Å². The smallest absolute Gasteiger partial charge is 0.338 e. The zero-order valence-electron chi connectivity index (χ0n) is 42.1. The van der Waals surface area contributed by atoms with Crippen molar-refractivity contribution >= 4 is 35.5 Å². The minimum atomic E-state index is -1.76.